The molecular formula is C21H27N5O5. The summed E-state index contributed by atoms with van der Waals surface area (Å²) in [4.78, 5) is 55.5. The number of hydrogen-bond donors (Lipinski definition) is 2. The monoisotopic (exact) mass is 429 g/mol. The Balaban J connectivity index is 1.57. The molecule has 2 N–H and O–H groups in total. The summed E-state index contributed by atoms with van der Waals surface area (Å²) in [6.07, 6.45) is 0.154. The van der Waals surface area contributed by atoms with Crippen LogP contribution < -0.4 is 15.9 Å². The molecule has 31 heavy (non-hydrogen) atoms. The van der Waals surface area contributed by atoms with E-state index in [4.69, 9.17) is 4.74 Å². The van der Waals surface area contributed by atoms with Crippen molar-refractivity contribution in [3.63, 3.8) is 0 Å². The Morgan fingerprint density at radius 1 is 1.10 bits per heavy atom. The lowest BCUT2D eigenvalue weighted by Gasteiger charge is -2.36. The second kappa shape index (κ2) is 7.75. The first-order chi connectivity index (χ1) is 14.6. The van der Waals surface area contributed by atoms with Crippen LogP contribution in [0.2, 0.25) is 0 Å². The van der Waals surface area contributed by atoms with Gasteiger partial charge in [-0.05, 0) is 39.3 Å². The summed E-state index contributed by atoms with van der Waals surface area (Å²) in [5, 5.41) is 2.31. The highest BCUT2D eigenvalue weighted by Gasteiger charge is 2.32. The average Bonchev–Trinajstić information content (AvgIpc) is 3.03. The zero-order valence-electron chi connectivity index (χ0n) is 17.9. The van der Waals surface area contributed by atoms with E-state index in [9.17, 15) is 19.2 Å². The van der Waals surface area contributed by atoms with Crippen molar-refractivity contribution in [3.8, 4) is 0 Å². The van der Waals surface area contributed by atoms with Crippen LogP contribution in [0.4, 0.5) is 10.5 Å². The van der Waals surface area contributed by atoms with Crippen LogP contribution in [0.15, 0.2) is 23.0 Å². The summed E-state index contributed by atoms with van der Waals surface area (Å²) < 4.78 is 6.88. The van der Waals surface area contributed by atoms with E-state index in [1.54, 1.807) is 11.0 Å². The Labute approximate surface area is 179 Å². The maximum Gasteiger partial charge on any atom is 0.410 e. The van der Waals surface area contributed by atoms with Crippen LogP contribution in [0.3, 0.4) is 0 Å². The summed E-state index contributed by atoms with van der Waals surface area (Å²) in [6.45, 7) is 7.70. The fourth-order valence-electron chi connectivity index (χ4n) is 4.09. The molecule has 0 spiro atoms. The minimum absolute atomic E-state index is 0.196. The first-order valence-corrected chi connectivity index (χ1v) is 10.4. The molecule has 2 saturated heterocycles. The zero-order valence-corrected chi connectivity index (χ0v) is 17.9. The van der Waals surface area contributed by atoms with Crippen LogP contribution in [-0.2, 0) is 14.3 Å². The molecule has 4 rings (SSSR count). The number of benzene rings is 1. The number of imide groups is 1. The van der Waals surface area contributed by atoms with Gasteiger partial charge in [-0.15, -0.1) is 0 Å². The van der Waals surface area contributed by atoms with E-state index in [1.165, 1.54) is 4.57 Å². The van der Waals surface area contributed by atoms with Crippen LogP contribution in [0.5, 0.6) is 0 Å². The molecule has 2 aliphatic rings. The summed E-state index contributed by atoms with van der Waals surface area (Å²) in [5.74, 6) is -0.784. The molecule has 0 bridgehead atoms. The molecule has 166 valence electrons. The van der Waals surface area contributed by atoms with E-state index in [-0.39, 0.29) is 30.5 Å². The Bertz CT molecular complexity index is 1090. The Hall–Kier alpha value is -3.30. The Morgan fingerprint density at radius 3 is 2.45 bits per heavy atom. The van der Waals surface area contributed by atoms with Crippen LogP contribution in [-0.4, -0.2) is 64.1 Å². The van der Waals surface area contributed by atoms with Crippen molar-refractivity contribution in [1.82, 2.24) is 19.8 Å². The standard InChI is InChI=1S/C21H27N5O5/c1-21(2,3)31-20(30)25-11-9-24(10-12-25)13-5-4-6-14-17(13)23-19(29)26(14)15-7-8-16(27)22-18(15)28/h4-6,15H,7-12H2,1-3H3,(H,23,29)(H,22,27,28). The predicted molar refractivity (Wildman–Crippen MR) is 114 cm³/mol. The topological polar surface area (TPSA) is 117 Å². The number of piperazine rings is 1. The minimum Gasteiger partial charge on any atom is -0.444 e. The van der Waals surface area contributed by atoms with Crippen molar-refractivity contribution in [2.45, 2.75) is 45.3 Å². The van der Waals surface area contributed by atoms with Crippen molar-refractivity contribution in [2.75, 3.05) is 31.1 Å². The van der Waals surface area contributed by atoms with Gasteiger partial charge in [0.1, 0.15) is 11.6 Å². The van der Waals surface area contributed by atoms with Crippen molar-refractivity contribution >= 4 is 34.6 Å². The molecule has 2 aromatic rings. The molecule has 3 amide bonds. The van der Waals surface area contributed by atoms with Gasteiger partial charge in [-0.1, -0.05) is 6.07 Å². The molecular weight excluding hydrogens is 402 g/mol. The smallest absolute Gasteiger partial charge is 0.410 e. The molecule has 1 atom stereocenters. The summed E-state index contributed by atoms with van der Waals surface area (Å²) in [7, 11) is 0. The highest BCUT2D eigenvalue weighted by Crippen LogP contribution is 2.29. The van der Waals surface area contributed by atoms with Crippen LogP contribution in [0.1, 0.15) is 39.7 Å². The molecule has 0 radical (unpaired) electrons. The zero-order chi connectivity index (χ0) is 22.3. The first-order valence-electron chi connectivity index (χ1n) is 10.4. The lowest BCUT2D eigenvalue weighted by Crippen LogP contribution is -2.50. The maximum absolute atomic E-state index is 12.7. The number of anilines is 1. The van der Waals surface area contributed by atoms with Crippen LogP contribution in [0.25, 0.3) is 11.0 Å². The third kappa shape index (κ3) is 4.14. The quantitative estimate of drug-likeness (QED) is 0.697. The minimum atomic E-state index is -0.724. The van der Waals surface area contributed by atoms with Gasteiger partial charge >= 0.3 is 11.8 Å². The van der Waals surface area contributed by atoms with Gasteiger partial charge in [-0.25, -0.2) is 9.59 Å². The average molecular weight is 429 g/mol. The number of para-hydroxylation sites is 1. The molecule has 10 heteroatoms. The normalized spacial score (nSPS) is 20.2. The van der Waals surface area contributed by atoms with Gasteiger partial charge in [0.15, 0.2) is 0 Å². The van der Waals surface area contributed by atoms with Crippen molar-refractivity contribution in [2.24, 2.45) is 0 Å². The fraction of sp³-hybridized carbons (Fsp3) is 0.524. The van der Waals surface area contributed by atoms with E-state index in [2.05, 4.69) is 15.2 Å². The van der Waals surface area contributed by atoms with Gasteiger partial charge in [0.25, 0.3) is 0 Å². The molecule has 2 aliphatic heterocycles. The number of aromatic nitrogens is 2. The molecule has 2 fully saturated rings. The number of fused-ring (bicyclic) bond motifs is 1. The van der Waals surface area contributed by atoms with Gasteiger partial charge in [-0.3, -0.25) is 19.5 Å². The molecule has 3 heterocycles. The number of amides is 3. The summed E-state index contributed by atoms with van der Waals surface area (Å²) >= 11 is 0. The van der Waals surface area contributed by atoms with E-state index in [0.717, 1.165) is 5.69 Å². The summed E-state index contributed by atoms with van der Waals surface area (Å²) in [5.41, 5.74) is 1.17. The number of H-pyrrole nitrogens is 1. The number of aromatic amines is 1. The second-order valence-corrected chi connectivity index (χ2v) is 8.89. The number of carbonyl (C=O) groups is 3. The fourth-order valence-corrected chi connectivity index (χ4v) is 4.09. The largest absolute Gasteiger partial charge is 0.444 e. The van der Waals surface area contributed by atoms with Gasteiger partial charge in [0, 0.05) is 32.6 Å². The molecule has 1 unspecified atom stereocenters. The lowest BCUT2D eigenvalue weighted by atomic mass is 10.1. The van der Waals surface area contributed by atoms with Crippen molar-refractivity contribution < 1.29 is 19.1 Å². The molecule has 0 saturated carbocycles. The van der Waals surface area contributed by atoms with Gasteiger partial charge < -0.3 is 19.5 Å². The highest BCUT2D eigenvalue weighted by atomic mass is 16.6. The van der Waals surface area contributed by atoms with Crippen molar-refractivity contribution in [3.05, 3.63) is 28.7 Å². The summed E-state index contributed by atoms with van der Waals surface area (Å²) in [6, 6.07) is 4.82. The molecule has 10 nitrogen and oxygen atoms in total. The van der Waals surface area contributed by atoms with Crippen molar-refractivity contribution in [1.29, 1.82) is 0 Å². The number of rotatable bonds is 2. The SMILES string of the molecule is CC(C)(C)OC(=O)N1CCN(c2cccc3c2[nH]c(=O)n3C2CCC(=O)NC2=O)CC1. The number of ether oxygens (including phenoxy) is 1. The second-order valence-electron chi connectivity index (χ2n) is 8.89. The third-order valence-corrected chi connectivity index (χ3v) is 5.52. The highest BCUT2D eigenvalue weighted by molar-refractivity contribution is 6.00. The maximum atomic E-state index is 12.7. The molecule has 0 aliphatic carbocycles. The van der Waals surface area contributed by atoms with Gasteiger partial charge in [0.2, 0.25) is 11.8 Å². The van der Waals surface area contributed by atoms with Crippen LogP contribution in [0, 0.1) is 0 Å². The number of imidazole rings is 1. The van der Waals surface area contributed by atoms with E-state index in [1.807, 2.05) is 32.9 Å². The number of carbonyl (C=O) groups excluding carboxylic acids is 3. The van der Waals surface area contributed by atoms with E-state index < -0.39 is 17.6 Å². The molecule has 1 aromatic heterocycles. The third-order valence-electron chi connectivity index (χ3n) is 5.52. The van der Waals surface area contributed by atoms with E-state index in [0.29, 0.717) is 37.2 Å². The van der Waals surface area contributed by atoms with E-state index >= 15 is 0 Å². The Morgan fingerprint density at radius 2 is 1.81 bits per heavy atom. The number of nitrogens with zero attached hydrogens (tertiary/aromatic N) is 3. The number of nitrogens with one attached hydrogen (secondary N) is 2. The lowest BCUT2D eigenvalue weighted by molar-refractivity contribution is -0.135. The number of hydrogen-bond acceptors (Lipinski definition) is 6. The van der Waals surface area contributed by atoms with Gasteiger partial charge in [-0.2, -0.15) is 0 Å². The first kappa shape index (κ1) is 21.0. The molecule has 1 aromatic carbocycles. The van der Waals surface area contributed by atoms with Gasteiger partial charge in [0.05, 0.1) is 16.7 Å². The van der Waals surface area contributed by atoms with Crippen LogP contribution >= 0.6 is 0 Å². The Kier molecular flexibility index (Phi) is 5.24. The number of piperidine rings is 1. The predicted octanol–water partition coefficient (Wildman–Crippen LogP) is 1.36.